The Bertz CT molecular complexity index is 280. The quantitative estimate of drug-likeness (QED) is 0.745. The third kappa shape index (κ3) is 2.19. The summed E-state index contributed by atoms with van der Waals surface area (Å²) in [6, 6.07) is 1.71. The number of likely N-dealkylation sites (N-methyl/N-ethyl adjacent to an activating group) is 1. The van der Waals surface area contributed by atoms with Crippen LogP contribution in [0.3, 0.4) is 0 Å². The first-order valence-electron chi connectivity index (χ1n) is 3.52. The fourth-order valence-electron chi connectivity index (χ4n) is 0.852. The maximum Gasteiger partial charge on any atom is 0.213 e. The van der Waals surface area contributed by atoms with Gasteiger partial charge in [-0.15, -0.1) is 0 Å². The van der Waals surface area contributed by atoms with Crippen LogP contribution in [0.4, 0.5) is 0 Å². The van der Waals surface area contributed by atoms with Crippen molar-refractivity contribution in [1.29, 1.82) is 0 Å². The first-order chi connectivity index (χ1) is 5.61. The third-order valence-corrected chi connectivity index (χ3v) is 1.95. The van der Waals surface area contributed by atoms with Crippen LogP contribution in [-0.2, 0) is 0 Å². The highest BCUT2D eigenvalue weighted by molar-refractivity contribution is 9.10. The minimum atomic E-state index is -0.0168. The van der Waals surface area contributed by atoms with Crippen molar-refractivity contribution in [2.45, 2.75) is 0 Å². The molecule has 0 aromatic carbocycles. The lowest BCUT2D eigenvalue weighted by Gasteiger charge is -2.06. The van der Waals surface area contributed by atoms with Gasteiger partial charge in [-0.05, 0) is 36.1 Å². The first-order valence-corrected chi connectivity index (χ1v) is 4.31. The predicted octanol–water partition coefficient (Wildman–Crippen LogP) is 1.79. The van der Waals surface area contributed by atoms with Gasteiger partial charge in [0.05, 0.1) is 17.3 Å². The number of furan rings is 1. The van der Waals surface area contributed by atoms with Crippen LogP contribution in [-0.4, -0.2) is 31.3 Å². The molecule has 12 heavy (non-hydrogen) atoms. The number of hydrogen-bond donors (Lipinski definition) is 0. The SMILES string of the molecule is CN(C)CC(=O)c1occc1Br. The summed E-state index contributed by atoms with van der Waals surface area (Å²) in [7, 11) is 3.68. The van der Waals surface area contributed by atoms with Gasteiger partial charge in [0.15, 0.2) is 5.76 Å². The summed E-state index contributed by atoms with van der Waals surface area (Å²) in [5, 5.41) is 0. The number of Topliss-reactive ketones (excluding diaryl/α,β-unsaturated/α-hetero) is 1. The Morgan fingerprint density at radius 3 is 2.75 bits per heavy atom. The van der Waals surface area contributed by atoms with Crippen molar-refractivity contribution >= 4 is 21.7 Å². The van der Waals surface area contributed by atoms with Gasteiger partial charge in [-0.25, -0.2) is 0 Å². The lowest BCUT2D eigenvalue weighted by molar-refractivity contribution is 0.0929. The number of rotatable bonds is 3. The van der Waals surface area contributed by atoms with Crippen LogP contribution in [0.5, 0.6) is 0 Å². The summed E-state index contributed by atoms with van der Waals surface area (Å²) in [6.45, 7) is 0.367. The molecule has 66 valence electrons. The highest BCUT2D eigenvalue weighted by Crippen LogP contribution is 2.17. The fraction of sp³-hybridized carbons (Fsp3) is 0.375. The Balaban J connectivity index is 2.72. The number of nitrogens with zero attached hydrogens (tertiary/aromatic N) is 1. The molecular weight excluding hydrogens is 222 g/mol. The molecule has 0 spiro atoms. The van der Waals surface area contributed by atoms with E-state index in [9.17, 15) is 4.79 Å². The molecule has 4 heteroatoms. The largest absolute Gasteiger partial charge is 0.460 e. The Hall–Kier alpha value is -0.610. The van der Waals surface area contributed by atoms with E-state index in [2.05, 4.69) is 15.9 Å². The summed E-state index contributed by atoms with van der Waals surface area (Å²) >= 11 is 3.22. The van der Waals surface area contributed by atoms with Crippen LogP contribution in [0.2, 0.25) is 0 Å². The molecule has 0 saturated carbocycles. The van der Waals surface area contributed by atoms with Gasteiger partial charge in [-0.1, -0.05) is 0 Å². The van der Waals surface area contributed by atoms with E-state index >= 15 is 0 Å². The van der Waals surface area contributed by atoms with Crippen LogP contribution in [0.15, 0.2) is 21.2 Å². The first kappa shape index (κ1) is 9.48. The second-order valence-corrected chi connectivity index (χ2v) is 3.61. The summed E-state index contributed by atoms with van der Waals surface area (Å²) in [4.78, 5) is 13.2. The molecule has 3 nitrogen and oxygen atoms in total. The molecule has 0 radical (unpaired) electrons. The molecule has 1 rings (SSSR count). The summed E-state index contributed by atoms with van der Waals surface area (Å²) in [5.74, 6) is 0.376. The average Bonchev–Trinajstić information content (AvgIpc) is 2.33. The van der Waals surface area contributed by atoms with E-state index in [-0.39, 0.29) is 5.78 Å². The zero-order valence-corrected chi connectivity index (χ0v) is 8.59. The van der Waals surface area contributed by atoms with E-state index in [4.69, 9.17) is 4.42 Å². The number of ketones is 1. The minimum absolute atomic E-state index is 0.0168. The molecule has 0 N–H and O–H groups in total. The van der Waals surface area contributed by atoms with E-state index in [0.717, 1.165) is 0 Å². The Kier molecular flexibility index (Phi) is 3.05. The molecule has 0 aliphatic rings. The van der Waals surface area contributed by atoms with Gasteiger partial charge in [0.2, 0.25) is 5.78 Å². The number of carbonyl (C=O) groups excluding carboxylic acids is 1. The van der Waals surface area contributed by atoms with Gasteiger partial charge in [0.1, 0.15) is 0 Å². The maximum absolute atomic E-state index is 11.4. The van der Waals surface area contributed by atoms with E-state index in [1.165, 1.54) is 6.26 Å². The number of halogens is 1. The van der Waals surface area contributed by atoms with Crippen LogP contribution in [0.1, 0.15) is 10.6 Å². The molecule has 1 aromatic rings. The van der Waals surface area contributed by atoms with E-state index in [0.29, 0.717) is 16.8 Å². The smallest absolute Gasteiger partial charge is 0.213 e. The van der Waals surface area contributed by atoms with Gasteiger partial charge < -0.3 is 9.32 Å². The average molecular weight is 232 g/mol. The molecular formula is C8H10BrNO2. The third-order valence-electron chi connectivity index (χ3n) is 1.33. The van der Waals surface area contributed by atoms with E-state index < -0.39 is 0 Å². The lowest BCUT2D eigenvalue weighted by Crippen LogP contribution is -2.21. The molecule has 0 bridgehead atoms. The molecule has 0 amide bonds. The number of hydrogen-bond acceptors (Lipinski definition) is 3. The topological polar surface area (TPSA) is 33.5 Å². The summed E-state index contributed by atoms with van der Waals surface area (Å²) < 4.78 is 5.72. The summed E-state index contributed by atoms with van der Waals surface area (Å²) in [6.07, 6.45) is 1.49. The zero-order valence-electron chi connectivity index (χ0n) is 7.00. The van der Waals surface area contributed by atoms with Gasteiger partial charge in [-0.3, -0.25) is 4.79 Å². The van der Waals surface area contributed by atoms with Crippen molar-refractivity contribution in [1.82, 2.24) is 4.90 Å². The second-order valence-electron chi connectivity index (χ2n) is 2.76. The Morgan fingerprint density at radius 2 is 2.33 bits per heavy atom. The molecule has 0 atom stereocenters. The number of carbonyl (C=O) groups is 1. The molecule has 1 heterocycles. The maximum atomic E-state index is 11.4. The van der Waals surface area contributed by atoms with Crippen molar-refractivity contribution in [3.63, 3.8) is 0 Å². The monoisotopic (exact) mass is 231 g/mol. The molecule has 0 saturated heterocycles. The fourth-order valence-corrected chi connectivity index (χ4v) is 1.27. The van der Waals surface area contributed by atoms with Crippen LogP contribution in [0.25, 0.3) is 0 Å². The van der Waals surface area contributed by atoms with Crippen LogP contribution < -0.4 is 0 Å². The van der Waals surface area contributed by atoms with Gasteiger partial charge in [0, 0.05) is 0 Å². The highest BCUT2D eigenvalue weighted by Gasteiger charge is 2.13. The Labute approximate surface area is 79.5 Å². The second kappa shape index (κ2) is 3.87. The highest BCUT2D eigenvalue weighted by atomic mass is 79.9. The molecule has 0 unspecified atom stereocenters. The molecule has 0 aliphatic heterocycles. The lowest BCUT2D eigenvalue weighted by atomic mass is 10.3. The van der Waals surface area contributed by atoms with Crippen molar-refractivity contribution in [3.05, 3.63) is 22.6 Å². The normalized spacial score (nSPS) is 10.7. The van der Waals surface area contributed by atoms with Gasteiger partial charge in [-0.2, -0.15) is 0 Å². The van der Waals surface area contributed by atoms with Crippen LogP contribution in [0, 0.1) is 0 Å². The zero-order chi connectivity index (χ0) is 9.14. The molecule has 0 fully saturated rings. The van der Waals surface area contributed by atoms with E-state index in [1.807, 2.05) is 14.1 Å². The molecule has 0 aliphatic carbocycles. The summed E-state index contributed by atoms with van der Waals surface area (Å²) in [5.41, 5.74) is 0. The predicted molar refractivity (Wildman–Crippen MR) is 49.3 cm³/mol. The standard InChI is InChI=1S/C8H10BrNO2/c1-10(2)5-7(11)8-6(9)3-4-12-8/h3-4H,5H2,1-2H3. The van der Waals surface area contributed by atoms with Crippen LogP contribution >= 0.6 is 15.9 Å². The van der Waals surface area contributed by atoms with Gasteiger partial charge in [0.25, 0.3) is 0 Å². The Morgan fingerprint density at radius 1 is 1.67 bits per heavy atom. The van der Waals surface area contributed by atoms with Crippen molar-refractivity contribution in [2.75, 3.05) is 20.6 Å². The molecule has 1 aromatic heterocycles. The van der Waals surface area contributed by atoms with Crippen molar-refractivity contribution < 1.29 is 9.21 Å². The van der Waals surface area contributed by atoms with Crippen molar-refractivity contribution in [3.8, 4) is 0 Å². The van der Waals surface area contributed by atoms with Crippen molar-refractivity contribution in [2.24, 2.45) is 0 Å². The van der Waals surface area contributed by atoms with Gasteiger partial charge >= 0.3 is 0 Å². The van der Waals surface area contributed by atoms with E-state index in [1.54, 1.807) is 11.0 Å². The minimum Gasteiger partial charge on any atom is -0.460 e.